The number of methoxy groups -OCH3 is 1. The molecule has 1 aromatic carbocycles. The van der Waals surface area contributed by atoms with E-state index in [0.717, 1.165) is 18.0 Å². The highest BCUT2D eigenvalue weighted by Gasteiger charge is 2.31. The SMILES string of the molecule is COc1ccc(OCCNC2(CCl)CCCC2)cc1. The molecule has 0 atom stereocenters. The normalized spacial score (nSPS) is 17.4. The maximum absolute atomic E-state index is 6.08. The van der Waals surface area contributed by atoms with Gasteiger partial charge in [0.2, 0.25) is 0 Å². The minimum Gasteiger partial charge on any atom is -0.497 e. The maximum atomic E-state index is 6.08. The third-order valence-electron chi connectivity index (χ3n) is 3.75. The van der Waals surface area contributed by atoms with Crippen LogP contribution < -0.4 is 14.8 Å². The summed E-state index contributed by atoms with van der Waals surface area (Å²) >= 11 is 6.08. The molecule has 0 saturated heterocycles. The lowest BCUT2D eigenvalue weighted by molar-refractivity contribution is 0.278. The first-order valence-electron chi connectivity index (χ1n) is 6.86. The molecule has 0 radical (unpaired) electrons. The van der Waals surface area contributed by atoms with Crippen LogP contribution in [0.25, 0.3) is 0 Å². The molecule has 0 amide bonds. The Bertz CT molecular complexity index is 374. The molecule has 1 aliphatic carbocycles. The van der Waals surface area contributed by atoms with Crippen molar-refractivity contribution >= 4 is 11.6 Å². The number of alkyl halides is 1. The molecule has 0 bridgehead atoms. The fraction of sp³-hybridized carbons (Fsp3) is 0.600. The van der Waals surface area contributed by atoms with E-state index in [0.29, 0.717) is 12.5 Å². The minimum atomic E-state index is 0.144. The van der Waals surface area contributed by atoms with E-state index < -0.39 is 0 Å². The molecular formula is C15H22ClNO2. The quantitative estimate of drug-likeness (QED) is 0.616. The van der Waals surface area contributed by atoms with Gasteiger partial charge in [-0.1, -0.05) is 12.8 Å². The number of halogens is 1. The molecule has 1 fully saturated rings. The summed E-state index contributed by atoms with van der Waals surface area (Å²) in [5.74, 6) is 2.40. The Morgan fingerprint density at radius 2 is 1.79 bits per heavy atom. The molecule has 2 rings (SSSR count). The van der Waals surface area contributed by atoms with Crippen LogP contribution in [-0.2, 0) is 0 Å². The Morgan fingerprint density at radius 1 is 1.16 bits per heavy atom. The second kappa shape index (κ2) is 7.01. The molecule has 0 spiro atoms. The van der Waals surface area contributed by atoms with Gasteiger partial charge in [-0.2, -0.15) is 0 Å². The monoisotopic (exact) mass is 283 g/mol. The number of nitrogens with one attached hydrogen (secondary N) is 1. The van der Waals surface area contributed by atoms with Gasteiger partial charge in [-0.05, 0) is 37.1 Å². The number of hydrogen-bond donors (Lipinski definition) is 1. The zero-order valence-electron chi connectivity index (χ0n) is 11.5. The van der Waals surface area contributed by atoms with E-state index in [1.54, 1.807) is 7.11 Å². The third kappa shape index (κ3) is 4.02. The molecule has 106 valence electrons. The summed E-state index contributed by atoms with van der Waals surface area (Å²) in [6.45, 7) is 1.49. The van der Waals surface area contributed by atoms with Gasteiger partial charge in [-0.3, -0.25) is 0 Å². The van der Waals surface area contributed by atoms with Crippen LogP contribution in [0.2, 0.25) is 0 Å². The number of rotatable bonds is 7. The number of ether oxygens (including phenoxy) is 2. The van der Waals surface area contributed by atoms with Gasteiger partial charge >= 0.3 is 0 Å². The van der Waals surface area contributed by atoms with Gasteiger partial charge in [-0.25, -0.2) is 0 Å². The van der Waals surface area contributed by atoms with Crippen LogP contribution in [0.4, 0.5) is 0 Å². The Morgan fingerprint density at radius 3 is 2.37 bits per heavy atom. The summed E-state index contributed by atoms with van der Waals surface area (Å²) in [5.41, 5.74) is 0.144. The fourth-order valence-corrected chi connectivity index (χ4v) is 2.93. The summed E-state index contributed by atoms with van der Waals surface area (Å²) < 4.78 is 10.8. The zero-order valence-corrected chi connectivity index (χ0v) is 12.2. The van der Waals surface area contributed by atoms with Gasteiger partial charge < -0.3 is 14.8 Å². The average molecular weight is 284 g/mol. The highest BCUT2D eigenvalue weighted by Crippen LogP contribution is 2.30. The lowest BCUT2D eigenvalue weighted by Gasteiger charge is -2.27. The van der Waals surface area contributed by atoms with E-state index in [1.807, 2.05) is 24.3 Å². The molecule has 4 heteroatoms. The van der Waals surface area contributed by atoms with Gasteiger partial charge in [-0.15, -0.1) is 11.6 Å². The predicted octanol–water partition coefficient (Wildman–Crippen LogP) is 3.22. The van der Waals surface area contributed by atoms with Crippen LogP contribution in [0.1, 0.15) is 25.7 Å². The Kier molecular flexibility index (Phi) is 5.34. The van der Waals surface area contributed by atoms with Crippen molar-refractivity contribution in [1.29, 1.82) is 0 Å². The van der Waals surface area contributed by atoms with Crippen molar-refractivity contribution in [2.75, 3.05) is 26.1 Å². The number of benzene rings is 1. The van der Waals surface area contributed by atoms with Crippen molar-refractivity contribution in [1.82, 2.24) is 5.32 Å². The summed E-state index contributed by atoms with van der Waals surface area (Å²) in [7, 11) is 1.66. The summed E-state index contributed by atoms with van der Waals surface area (Å²) in [4.78, 5) is 0. The van der Waals surface area contributed by atoms with Crippen LogP contribution in [0, 0.1) is 0 Å². The Balaban J connectivity index is 1.71. The Labute approximate surface area is 120 Å². The van der Waals surface area contributed by atoms with Gasteiger partial charge in [0, 0.05) is 18.0 Å². The van der Waals surface area contributed by atoms with E-state index in [-0.39, 0.29) is 5.54 Å². The molecule has 19 heavy (non-hydrogen) atoms. The third-order valence-corrected chi connectivity index (χ3v) is 4.26. The van der Waals surface area contributed by atoms with Crippen molar-refractivity contribution in [2.24, 2.45) is 0 Å². The van der Waals surface area contributed by atoms with E-state index in [2.05, 4.69) is 5.32 Å². The zero-order chi connectivity index (χ0) is 13.6. The van der Waals surface area contributed by atoms with Crippen molar-refractivity contribution in [3.05, 3.63) is 24.3 Å². The van der Waals surface area contributed by atoms with Crippen LogP contribution in [0.15, 0.2) is 24.3 Å². The predicted molar refractivity (Wildman–Crippen MR) is 78.4 cm³/mol. The lowest BCUT2D eigenvalue weighted by Crippen LogP contribution is -2.46. The molecule has 0 unspecified atom stereocenters. The van der Waals surface area contributed by atoms with Gasteiger partial charge in [0.25, 0.3) is 0 Å². The van der Waals surface area contributed by atoms with Crippen LogP contribution in [0.3, 0.4) is 0 Å². The Hall–Kier alpha value is -0.930. The van der Waals surface area contributed by atoms with Crippen molar-refractivity contribution < 1.29 is 9.47 Å². The molecule has 1 aromatic rings. The second-order valence-corrected chi connectivity index (χ2v) is 5.34. The van der Waals surface area contributed by atoms with Crippen molar-refractivity contribution in [2.45, 2.75) is 31.2 Å². The first kappa shape index (κ1) is 14.5. The highest BCUT2D eigenvalue weighted by molar-refractivity contribution is 6.18. The average Bonchev–Trinajstić information content (AvgIpc) is 2.94. The molecule has 1 saturated carbocycles. The summed E-state index contributed by atoms with van der Waals surface area (Å²) in [5, 5.41) is 3.56. The van der Waals surface area contributed by atoms with E-state index in [4.69, 9.17) is 21.1 Å². The van der Waals surface area contributed by atoms with Crippen molar-refractivity contribution in [3.8, 4) is 11.5 Å². The van der Waals surface area contributed by atoms with Crippen molar-refractivity contribution in [3.63, 3.8) is 0 Å². The molecule has 0 heterocycles. The second-order valence-electron chi connectivity index (χ2n) is 5.07. The number of hydrogen-bond acceptors (Lipinski definition) is 3. The molecular weight excluding hydrogens is 262 g/mol. The molecule has 1 N–H and O–H groups in total. The molecule has 1 aliphatic rings. The van der Waals surface area contributed by atoms with Gasteiger partial charge in [0.1, 0.15) is 18.1 Å². The largest absolute Gasteiger partial charge is 0.497 e. The minimum absolute atomic E-state index is 0.144. The highest BCUT2D eigenvalue weighted by atomic mass is 35.5. The van der Waals surface area contributed by atoms with Crippen LogP contribution in [0.5, 0.6) is 11.5 Å². The van der Waals surface area contributed by atoms with Crippen LogP contribution >= 0.6 is 11.6 Å². The fourth-order valence-electron chi connectivity index (χ4n) is 2.57. The van der Waals surface area contributed by atoms with Gasteiger partial charge in [0.15, 0.2) is 0 Å². The standard InChI is InChI=1S/C15H22ClNO2/c1-18-13-4-6-14(7-5-13)19-11-10-17-15(12-16)8-2-3-9-15/h4-7,17H,2-3,8-12H2,1H3. The van der Waals surface area contributed by atoms with Gasteiger partial charge in [0.05, 0.1) is 7.11 Å². The first-order valence-corrected chi connectivity index (χ1v) is 7.39. The molecule has 0 aliphatic heterocycles. The lowest BCUT2D eigenvalue weighted by atomic mass is 10.0. The van der Waals surface area contributed by atoms with E-state index in [1.165, 1.54) is 25.7 Å². The maximum Gasteiger partial charge on any atom is 0.119 e. The summed E-state index contributed by atoms with van der Waals surface area (Å²) in [6, 6.07) is 7.65. The van der Waals surface area contributed by atoms with E-state index in [9.17, 15) is 0 Å². The summed E-state index contributed by atoms with van der Waals surface area (Å²) in [6.07, 6.45) is 4.91. The smallest absolute Gasteiger partial charge is 0.119 e. The molecule has 3 nitrogen and oxygen atoms in total. The van der Waals surface area contributed by atoms with Crippen LogP contribution in [-0.4, -0.2) is 31.7 Å². The van der Waals surface area contributed by atoms with E-state index >= 15 is 0 Å². The topological polar surface area (TPSA) is 30.5 Å². The first-order chi connectivity index (χ1) is 9.28. The molecule has 0 aromatic heterocycles.